The van der Waals surface area contributed by atoms with Crippen molar-refractivity contribution in [2.75, 3.05) is 13.2 Å². The van der Waals surface area contributed by atoms with E-state index in [1.54, 1.807) is 0 Å². The van der Waals surface area contributed by atoms with Crippen LogP contribution in [0.15, 0.2) is 23.3 Å². The van der Waals surface area contributed by atoms with Crippen molar-refractivity contribution in [3.63, 3.8) is 0 Å². The van der Waals surface area contributed by atoms with Crippen molar-refractivity contribution < 1.29 is 15.3 Å². The number of piperidine rings is 1. The smallest absolute Gasteiger partial charge is 0.0639 e. The number of hydrogen-bond donors (Lipinski definition) is 4. The number of rotatable bonds is 3. The monoisotopic (exact) mass is 429 g/mol. The van der Waals surface area contributed by atoms with E-state index >= 15 is 0 Å². The topological polar surface area (TPSA) is 72.7 Å². The molecule has 10 atom stereocenters. The third-order valence-corrected chi connectivity index (χ3v) is 10.8. The van der Waals surface area contributed by atoms with Gasteiger partial charge in [-0.25, -0.2) is 0 Å². The van der Waals surface area contributed by atoms with E-state index in [0.29, 0.717) is 35.6 Å². The predicted molar refractivity (Wildman–Crippen MR) is 123 cm³/mol. The maximum Gasteiger partial charge on any atom is 0.0639 e. The summed E-state index contributed by atoms with van der Waals surface area (Å²) in [6.45, 7) is 8.30. The van der Waals surface area contributed by atoms with Crippen molar-refractivity contribution in [2.24, 2.45) is 40.4 Å². The minimum absolute atomic E-state index is 0.156. The molecule has 1 heterocycles. The Morgan fingerprint density at radius 1 is 1.13 bits per heavy atom. The first-order valence-corrected chi connectivity index (χ1v) is 12.9. The minimum atomic E-state index is -0.277. The molecule has 31 heavy (non-hydrogen) atoms. The molecule has 0 aromatic rings. The highest BCUT2D eigenvalue weighted by molar-refractivity contribution is 5.34. The van der Waals surface area contributed by atoms with Crippen LogP contribution in [0.1, 0.15) is 72.1 Å². The van der Waals surface area contributed by atoms with Crippen LogP contribution in [-0.2, 0) is 0 Å². The maximum atomic E-state index is 11.4. The lowest BCUT2D eigenvalue weighted by molar-refractivity contribution is 0.0232. The molecule has 5 rings (SSSR count). The quantitative estimate of drug-likeness (QED) is 0.515. The molecule has 4 aliphatic carbocycles. The summed E-state index contributed by atoms with van der Waals surface area (Å²) in [5, 5.41) is 34.9. The zero-order chi connectivity index (χ0) is 22.0. The van der Waals surface area contributed by atoms with Crippen molar-refractivity contribution in [3.8, 4) is 0 Å². The Hall–Kier alpha value is -0.680. The second-order valence-electron chi connectivity index (χ2n) is 12.0. The molecule has 2 saturated carbocycles. The molecule has 10 unspecified atom stereocenters. The summed E-state index contributed by atoms with van der Waals surface area (Å²) in [5.41, 5.74) is 3.11. The SMILES string of the molecule is CC(C1CCC(CO)CN1)C1(C)C2=CCC3C(CC=C4CC(O)CCC43C)C2CC1O. The van der Waals surface area contributed by atoms with Gasteiger partial charge in [0.15, 0.2) is 0 Å². The van der Waals surface area contributed by atoms with Gasteiger partial charge in [0, 0.05) is 24.6 Å². The van der Waals surface area contributed by atoms with E-state index in [2.05, 4.69) is 38.2 Å². The second-order valence-corrected chi connectivity index (χ2v) is 12.0. The third kappa shape index (κ3) is 3.31. The first-order chi connectivity index (χ1) is 14.8. The van der Waals surface area contributed by atoms with Gasteiger partial charge in [0.2, 0.25) is 0 Å². The van der Waals surface area contributed by atoms with Crippen LogP contribution in [0.5, 0.6) is 0 Å². The van der Waals surface area contributed by atoms with Crippen LogP contribution in [0.3, 0.4) is 0 Å². The van der Waals surface area contributed by atoms with Gasteiger partial charge in [0.25, 0.3) is 0 Å². The average molecular weight is 430 g/mol. The molecule has 0 aromatic carbocycles. The van der Waals surface area contributed by atoms with Crippen LogP contribution >= 0.6 is 0 Å². The predicted octanol–water partition coefficient (Wildman–Crippen LogP) is 3.81. The Kier molecular flexibility index (Phi) is 5.69. The van der Waals surface area contributed by atoms with Crippen LogP contribution in [0.4, 0.5) is 0 Å². The fraction of sp³-hybridized carbons (Fsp3) is 0.852. The molecule has 0 spiro atoms. The molecule has 4 N–H and O–H groups in total. The van der Waals surface area contributed by atoms with Crippen molar-refractivity contribution in [3.05, 3.63) is 23.3 Å². The minimum Gasteiger partial charge on any atom is -0.396 e. The molecule has 0 radical (unpaired) electrons. The summed E-state index contributed by atoms with van der Waals surface area (Å²) >= 11 is 0. The Morgan fingerprint density at radius 3 is 2.65 bits per heavy atom. The molecule has 3 fully saturated rings. The highest BCUT2D eigenvalue weighted by Crippen LogP contribution is 2.64. The third-order valence-electron chi connectivity index (χ3n) is 10.8. The Bertz CT molecular complexity index is 754. The molecule has 0 aromatic heterocycles. The van der Waals surface area contributed by atoms with Gasteiger partial charge in [-0.05, 0) is 86.4 Å². The zero-order valence-electron chi connectivity index (χ0n) is 19.7. The van der Waals surface area contributed by atoms with Crippen LogP contribution in [0.25, 0.3) is 0 Å². The van der Waals surface area contributed by atoms with Gasteiger partial charge in [-0.1, -0.05) is 44.1 Å². The first-order valence-electron chi connectivity index (χ1n) is 12.9. The summed E-state index contributed by atoms with van der Waals surface area (Å²) in [6, 6.07) is 0.412. The molecular weight excluding hydrogens is 386 g/mol. The Labute approximate surface area is 188 Å². The fourth-order valence-electron chi connectivity index (χ4n) is 8.49. The molecule has 0 bridgehead atoms. The van der Waals surface area contributed by atoms with Gasteiger partial charge in [-0.15, -0.1) is 0 Å². The molecule has 1 aliphatic heterocycles. The van der Waals surface area contributed by atoms with Gasteiger partial charge in [-0.2, -0.15) is 0 Å². The molecule has 5 aliphatic rings. The number of nitrogens with one attached hydrogen (secondary N) is 1. The maximum absolute atomic E-state index is 11.4. The Balaban J connectivity index is 1.40. The van der Waals surface area contributed by atoms with Gasteiger partial charge in [0.05, 0.1) is 12.2 Å². The lowest BCUT2D eigenvalue weighted by Gasteiger charge is -2.54. The second kappa shape index (κ2) is 7.97. The van der Waals surface area contributed by atoms with Crippen LogP contribution in [-0.4, -0.2) is 46.7 Å². The average Bonchev–Trinajstić information content (AvgIpc) is 3.05. The van der Waals surface area contributed by atoms with Gasteiger partial charge >= 0.3 is 0 Å². The molecule has 174 valence electrons. The van der Waals surface area contributed by atoms with Crippen LogP contribution in [0, 0.1) is 40.4 Å². The van der Waals surface area contributed by atoms with Crippen LogP contribution in [0.2, 0.25) is 0 Å². The van der Waals surface area contributed by atoms with Gasteiger partial charge in [0.1, 0.15) is 0 Å². The lowest BCUT2D eigenvalue weighted by atomic mass is 9.51. The highest BCUT2D eigenvalue weighted by atomic mass is 16.3. The summed E-state index contributed by atoms with van der Waals surface area (Å²) < 4.78 is 0. The molecular formula is C27H43NO3. The van der Waals surface area contributed by atoms with E-state index < -0.39 is 0 Å². The summed E-state index contributed by atoms with van der Waals surface area (Å²) in [5.74, 6) is 2.54. The van der Waals surface area contributed by atoms with E-state index in [-0.39, 0.29) is 29.6 Å². The van der Waals surface area contributed by atoms with E-state index in [4.69, 9.17) is 0 Å². The van der Waals surface area contributed by atoms with E-state index in [1.807, 2.05) is 0 Å². The van der Waals surface area contributed by atoms with E-state index in [1.165, 1.54) is 11.1 Å². The molecule has 4 nitrogen and oxygen atoms in total. The number of hydrogen-bond acceptors (Lipinski definition) is 4. The standard InChI is InChI=1S/C27H43NO3/c1-16(24-9-4-17(15-29)14-28-24)27(3)23-8-7-22-20(21(23)13-25(27)31)6-5-18-12-19(30)10-11-26(18,22)2/h5,8,16-17,19-22,24-25,28-31H,4,6-7,9-15H2,1-3H3. The van der Waals surface area contributed by atoms with Crippen molar-refractivity contribution in [1.29, 1.82) is 0 Å². The summed E-state index contributed by atoms with van der Waals surface area (Å²) in [6.07, 6.45) is 12.8. The van der Waals surface area contributed by atoms with Crippen molar-refractivity contribution in [1.82, 2.24) is 5.32 Å². The molecule has 1 saturated heterocycles. The first kappa shape index (κ1) is 22.1. The van der Waals surface area contributed by atoms with E-state index in [0.717, 1.165) is 57.9 Å². The van der Waals surface area contributed by atoms with Crippen molar-refractivity contribution >= 4 is 0 Å². The van der Waals surface area contributed by atoms with Crippen LogP contribution < -0.4 is 5.32 Å². The van der Waals surface area contributed by atoms with Gasteiger partial charge in [-0.3, -0.25) is 0 Å². The molecule has 0 amide bonds. The zero-order valence-corrected chi connectivity index (χ0v) is 19.7. The largest absolute Gasteiger partial charge is 0.396 e. The van der Waals surface area contributed by atoms with E-state index in [9.17, 15) is 15.3 Å². The number of aliphatic hydroxyl groups is 3. The number of fused-ring (bicyclic) bond motifs is 5. The summed E-state index contributed by atoms with van der Waals surface area (Å²) in [7, 11) is 0. The lowest BCUT2D eigenvalue weighted by Crippen LogP contribution is -2.51. The number of allylic oxidation sites excluding steroid dienone is 2. The van der Waals surface area contributed by atoms with Gasteiger partial charge < -0.3 is 20.6 Å². The highest BCUT2D eigenvalue weighted by Gasteiger charge is 2.58. The Morgan fingerprint density at radius 2 is 1.94 bits per heavy atom. The van der Waals surface area contributed by atoms with Crippen molar-refractivity contribution in [2.45, 2.75) is 90.4 Å². The molecule has 4 heteroatoms. The summed E-state index contributed by atoms with van der Waals surface area (Å²) in [4.78, 5) is 0. The fourth-order valence-corrected chi connectivity index (χ4v) is 8.49. The number of aliphatic hydroxyl groups excluding tert-OH is 3. The normalized spacial score (nSPS) is 50.6.